The Kier molecular flexibility index (Phi) is 5.19. The fraction of sp³-hybridized carbons (Fsp3) is 0.529. The molecule has 0 aromatic carbocycles. The molecule has 1 N–H and O–H groups in total. The average Bonchev–Trinajstić information content (AvgIpc) is 3.19. The Labute approximate surface area is 153 Å². The smallest absolute Gasteiger partial charge is 0.239 e. The molecule has 0 spiro atoms. The maximum atomic E-state index is 12.4. The molecule has 1 unspecified atom stereocenters. The van der Waals surface area contributed by atoms with Gasteiger partial charge in [-0.1, -0.05) is 0 Å². The number of carbonyl (C=O) groups is 1. The molecule has 8 nitrogen and oxygen atoms in total. The number of nitrogens with zero attached hydrogens (tertiary/aromatic N) is 3. The number of anilines is 1. The van der Waals surface area contributed by atoms with Crippen molar-refractivity contribution in [2.24, 2.45) is 0 Å². The summed E-state index contributed by atoms with van der Waals surface area (Å²) >= 11 is 0. The lowest BCUT2D eigenvalue weighted by atomic mass is 10.2. The quantitative estimate of drug-likeness (QED) is 0.816. The minimum Gasteiger partial charge on any atom is -0.468 e. The highest BCUT2D eigenvalue weighted by molar-refractivity contribution is 7.91. The standard InChI is InChI=1S/C17H24N4O4S/c1-12-4-6-25-15(12)9-20(3)10-17(22)18-16-8-13(2)19-21(16)14-5-7-26(23,24)11-14/h4,6,8,14H,5,7,9-11H2,1-3H3,(H,18,22). The normalized spacial score (nSPS) is 19.2. The van der Waals surface area contributed by atoms with E-state index in [1.54, 1.807) is 17.0 Å². The largest absolute Gasteiger partial charge is 0.468 e. The first-order valence-corrected chi connectivity index (χ1v) is 10.3. The molecule has 1 aliphatic heterocycles. The minimum absolute atomic E-state index is 0.0642. The van der Waals surface area contributed by atoms with E-state index in [2.05, 4.69) is 10.4 Å². The first-order chi connectivity index (χ1) is 12.2. The second-order valence-electron chi connectivity index (χ2n) is 6.92. The molecule has 1 saturated heterocycles. The first-order valence-electron chi connectivity index (χ1n) is 8.51. The Morgan fingerprint density at radius 1 is 1.46 bits per heavy atom. The van der Waals surface area contributed by atoms with E-state index in [0.29, 0.717) is 18.8 Å². The third-order valence-corrected chi connectivity index (χ3v) is 6.23. The number of carbonyl (C=O) groups excluding carboxylic acids is 1. The molecular formula is C17H24N4O4S. The third kappa shape index (κ3) is 4.34. The van der Waals surface area contributed by atoms with Gasteiger partial charge in [-0.3, -0.25) is 9.69 Å². The van der Waals surface area contributed by atoms with Crippen LogP contribution >= 0.6 is 0 Å². The molecule has 26 heavy (non-hydrogen) atoms. The molecule has 2 aromatic rings. The molecule has 2 aromatic heterocycles. The van der Waals surface area contributed by atoms with Gasteiger partial charge in [0.25, 0.3) is 0 Å². The lowest BCUT2D eigenvalue weighted by molar-refractivity contribution is -0.117. The van der Waals surface area contributed by atoms with Crippen LogP contribution in [0.15, 0.2) is 22.8 Å². The van der Waals surface area contributed by atoms with Crippen LogP contribution in [-0.2, 0) is 21.2 Å². The van der Waals surface area contributed by atoms with Gasteiger partial charge in [-0.2, -0.15) is 5.10 Å². The Balaban J connectivity index is 1.63. The van der Waals surface area contributed by atoms with E-state index in [9.17, 15) is 13.2 Å². The lowest BCUT2D eigenvalue weighted by Gasteiger charge is -2.17. The number of hydrogen-bond donors (Lipinski definition) is 1. The van der Waals surface area contributed by atoms with E-state index in [0.717, 1.165) is 17.0 Å². The topological polar surface area (TPSA) is 97.4 Å². The average molecular weight is 380 g/mol. The number of furan rings is 1. The second-order valence-corrected chi connectivity index (χ2v) is 9.15. The fourth-order valence-corrected chi connectivity index (χ4v) is 4.84. The molecule has 0 aliphatic carbocycles. The summed E-state index contributed by atoms with van der Waals surface area (Å²) in [6.45, 7) is 4.50. The number of aromatic nitrogens is 2. The van der Waals surface area contributed by atoms with Gasteiger partial charge in [0.1, 0.15) is 11.6 Å². The summed E-state index contributed by atoms with van der Waals surface area (Å²) in [5, 5.41) is 7.23. The zero-order valence-corrected chi connectivity index (χ0v) is 16.0. The van der Waals surface area contributed by atoms with Crippen molar-refractivity contribution in [3.8, 4) is 0 Å². The van der Waals surface area contributed by atoms with Crippen LogP contribution in [0.1, 0.15) is 29.5 Å². The van der Waals surface area contributed by atoms with Crippen LogP contribution in [-0.4, -0.2) is 54.1 Å². The van der Waals surface area contributed by atoms with Crippen molar-refractivity contribution in [2.75, 3.05) is 30.4 Å². The lowest BCUT2D eigenvalue weighted by Crippen LogP contribution is -2.31. The number of amides is 1. The van der Waals surface area contributed by atoms with Crippen LogP contribution in [0.2, 0.25) is 0 Å². The Morgan fingerprint density at radius 2 is 2.23 bits per heavy atom. The van der Waals surface area contributed by atoms with Gasteiger partial charge in [-0.15, -0.1) is 0 Å². The van der Waals surface area contributed by atoms with Gasteiger partial charge in [0.2, 0.25) is 5.91 Å². The Hall–Kier alpha value is -2.13. The van der Waals surface area contributed by atoms with Crippen molar-refractivity contribution in [1.82, 2.24) is 14.7 Å². The van der Waals surface area contributed by atoms with Crippen molar-refractivity contribution >= 4 is 21.6 Å². The molecule has 142 valence electrons. The van der Waals surface area contributed by atoms with Crippen LogP contribution in [0.4, 0.5) is 5.82 Å². The van der Waals surface area contributed by atoms with Gasteiger partial charge in [0.05, 0.1) is 42.6 Å². The highest BCUT2D eigenvalue weighted by Crippen LogP contribution is 2.27. The predicted molar refractivity (Wildman–Crippen MR) is 97.7 cm³/mol. The van der Waals surface area contributed by atoms with Gasteiger partial charge in [-0.05, 0) is 38.9 Å². The van der Waals surface area contributed by atoms with E-state index < -0.39 is 9.84 Å². The molecule has 1 atom stereocenters. The minimum atomic E-state index is -3.02. The van der Waals surface area contributed by atoms with E-state index >= 15 is 0 Å². The maximum Gasteiger partial charge on any atom is 0.239 e. The van der Waals surface area contributed by atoms with Crippen molar-refractivity contribution < 1.29 is 17.6 Å². The van der Waals surface area contributed by atoms with Crippen LogP contribution < -0.4 is 5.32 Å². The van der Waals surface area contributed by atoms with Crippen molar-refractivity contribution in [1.29, 1.82) is 0 Å². The number of rotatable bonds is 6. The van der Waals surface area contributed by atoms with Crippen molar-refractivity contribution in [3.63, 3.8) is 0 Å². The monoisotopic (exact) mass is 380 g/mol. The summed E-state index contributed by atoms with van der Waals surface area (Å²) < 4.78 is 30.5. The highest BCUT2D eigenvalue weighted by Gasteiger charge is 2.31. The number of nitrogens with one attached hydrogen (secondary N) is 1. The highest BCUT2D eigenvalue weighted by atomic mass is 32.2. The zero-order chi connectivity index (χ0) is 18.9. The van der Waals surface area contributed by atoms with Gasteiger partial charge >= 0.3 is 0 Å². The molecule has 9 heteroatoms. The van der Waals surface area contributed by atoms with Gasteiger partial charge in [0.15, 0.2) is 9.84 Å². The number of hydrogen-bond acceptors (Lipinski definition) is 6. The van der Waals surface area contributed by atoms with Crippen LogP contribution in [0, 0.1) is 13.8 Å². The van der Waals surface area contributed by atoms with E-state index in [4.69, 9.17) is 4.42 Å². The van der Waals surface area contributed by atoms with Crippen molar-refractivity contribution in [2.45, 2.75) is 32.9 Å². The van der Waals surface area contributed by atoms with Gasteiger partial charge in [-0.25, -0.2) is 13.1 Å². The molecule has 1 fully saturated rings. The summed E-state index contributed by atoms with van der Waals surface area (Å²) in [5.74, 6) is 1.41. The van der Waals surface area contributed by atoms with Crippen LogP contribution in [0.3, 0.4) is 0 Å². The second kappa shape index (κ2) is 7.24. The Morgan fingerprint density at radius 3 is 2.85 bits per heavy atom. The maximum absolute atomic E-state index is 12.4. The van der Waals surface area contributed by atoms with Gasteiger partial charge < -0.3 is 9.73 Å². The SMILES string of the molecule is Cc1cc(NC(=O)CN(C)Cc2occc2C)n(C2CCS(=O)(=O)C2)n1. The van der Waals surface area contributed by atoms with Crippen molar-refractivity contribution in [3.05, 3.63) is 35.4 Å². The van der Waals surface area contributed by atoms with E-state index in [1.807, 2.05) is 31.9 Å². The predicted octanol–water partition coefficient (Wildman–Crippen LogP) is 1.52. The fourth-order valence-electron chi connectivity index (χ4n) is 3.15. The molecule has 0 radical (unpaired) electrons. The number of likely N-dealkylation sites (N-methyl/N-ethyl adjacent to an activating group) is 1. The van der Waals surface area contributed by atoms with Crippen LogP contribution in [0.25, 0.3) is 0 Å². The molecular weight excluding hydrogens is 356 g/mol. The Bertz CT molecular complexity index is 900. The molecule has 0 bridgehead atoms. The zero-order valence-electron chi connectivity index (χ0n) is 15.2. The summed E-state index contributed by atoms with van der Waals surface area (Å²) in [5.41, 5.74) is 1.79. The van der Waals surface area contributed by atoms with E-state index in [-0.39, 0.29) is 30.0 Å². The van der Waals surface area contributed by atoms with Crippen LogP contribution in [0.5, 0.6) is 0 Å². The molecule has 1 aliphatic rings. The molecule has 3 heterocycles. The summed E-state index contributed by atoms with van der Waals surface area (Å²) in [6, 6.07) is 3.42. The summed E-state index contributed by atoms with van der Waals surface area (Å²) in [6.07, 6.45) is 2.15. The first kappa shape index (κ1) is 18.7. The summed E-state index contributed by atoms with van der Waals surface area (Å²) in [4.78, 5) is 14.3. The number of sulfone groups is 1. The molecule has 3 rings (SSSR count). The third-order valence-electron chi connectivity index (χ3n) is 4.47. The van der Waals surface area contributed by atoms with Gasteiger partial charge in [0, 0.05) is 6.07 Å². The number of aryl methyl sites for hydroxylation is 2. The molecule has 1 amide bonds. The summed E-state index contributed by atoms with van der Waals surface area (Å²) in [7, 11) is -1.18. The van der Waals surface area contributed by atoms with E-state index in [1.165, 1.54) is 0 Å². The molecule has 0 saturated carbocycles.